The zero-order chi connectivity index (χ0) is 12.8. The SMILES string of the molecule is CNCc1cc(OCC2CCOCC2)ncc1Cl. The largest absolute Gasteiger partial charge is 0.477 e. The lowest BCUT2D eigenvalue weighted by Crippen LogP contribution is -2.21. The third-order valence-electron chi connectivity index (χ3n) is 3.08. The van der Waals surface area contributed by atoms with Crippen LogP contribution in [0.3, 0.4) is 0 Å². The highest BCUT2D eigenvalue weighted by atomic mass is 35.5. The van der Waals surface area contributed by atoms with Crippen LogP contribution >= 0.6 is 11.6 Å². The number of pyridine rings is 1. The van der Waals surface area contributed by atoms with Gasteiger partial charge in [0.15, 0.2) is 0 Å². The zero-order valence-electron chi connectivity index (χ0n) is 10.6. The predicted octanol–water partition coefficient (Wildman–Crippen LogP) is 2.26. The number of ether oxygens (including phenoxy) is 2. The van der Waals surface area contributed by atoms with E-state index in [0.29, 0.717) is 23.4 Å². The van der Waals surface area contributed by atoms with Crippen molar-refractivity contribution < 1.29 is 9.47 Å². The first-order valence-corrected chi connectivity index (χ1v) is 6.67. The van der Waals surface area contributed by atoms with Gasteiger partial charge in [0.2, 0.25) is 5.88 Å². The van der Waals surface area contributed by atoms with Gasteiger partial charge in [0.05, 0.1) is 11.6 Å². The summed E-state index contributed by atoms with van der Waals surface area (Å²) in [7, 11) is 1.89. The van der Waals surface area contributed by atoms with Crippen LogP contribution in [0.25, 0.3) is 0 Å². The molecule has 0 unspecified atom stereocenters. The van der Waals surface area contributed by atoms with Crippen molar-refractivity contribution in [1.82, 2.24) is 10.3 Å². The number of hydrogen-bond acceptors (Lipinski definition) is 4. The van der Waals surface area contributed by atoms with E-state index in [4.69, 9.17) is 21.1 Å². The van der Waals surface area contributed by atoms with Gasteiger partial charge in [0.1, 0.15) is 0 Å². The molecule has 1 N–H and O–H groups in total. The first kappa shape index (κ1) is 13.6. The van der Waals surface area contributed by atoms with Crippen LogP contribution in [0.1, 0.15) is 18.4 Å². The van der Waals surface area contributed by atoms with E-state index in [2.05, 4.69) is 10.3 Å². The van der Waals surface area contributed by atoms with Crippen molar-refractivity contribution in [3.05, 3.63) is 22.8 Å². The molecule has 1 aromatic heterocycles. The molecule has 0 bridgehead atoms. The Morgan fingerprint density at radius 2 is 2.28 bits per heavy atom. The van der Waals surface area contributed by atoms with Crippen LogP contribution in [0.5, 0.6) is 5.88 Å². The van der Waals surface area contributed by atoms with Crippen molar-refractivity contribution in [1.29, 1.82) is 0 Å². The summed E-state index contributed by atoms with van der Waals surface area (Å²) in [6.45, 7) is 3.10. The first-order valence-electron chi connectivity index (χ1n) is 6.29. The molecule has 1 saturated heterocycles. The summed E-state index contributed by atoms with van der Waals surface area (Å²) < 4.78 is 11.1. The molecule has 5 heteroatoms. The number of rotatable bonds is 5. The molecule has 2 rings (SSSR count). The zero-order valence-corrected chi connectivity index (χ0v) is 11.4. The van der Waals surface area contributed by atoms with Gasteiger partial charge < -0.3 is 14.8 Å². The molecule has 1 aromatic rings. The number of aromatic nitrogens is 1. The van der Waals surface area contributed by atoms with Crippen LogP contribution in [-0.2, 0) is 11.3 Å². The molecule has 1 fully saturated rings. The van der Waals surface area contributed by atoms with Gasteiger partial charge in [0.25, 0.3) is 0 Å². The number of hydrogen-bond donors (Lipinski definition) is 1. The van der Waals surface area contributed by atoms with Crippen LogP contribution in [0, 0.1) is 5.92 Å². The lowest BCUT2D eigenvalue weighted by atomic mass is 10.0. The van der Waals surface area contributed by atoms with Crippen molar-refractivity contribution in [3.63, 3.8) is 0 Å². The van der Waals surface area contributed by atoms with E-state index in [-0.39, 0.29) is 0 Å². The summed E-state index contributed by atoms with van der Waals surface area (Å²) in [5, 5.41) is 3.74. The minimum Gasteiger partial charge on any atom is -0.477 e. The smallest absolute Gasteiger partial charge is 0.213 e. The van der Waals surface area contributed by atoms with Gasteiger partial charge in [-0.05, 0) is 31.4 Å². The van der Waals surface area contributed by atoms with E-state index in [1.165, 1.54) is 0 Å². The molecular weight excluding hydrogens is 252 g/mol. The molecule has 2 heterocycles. The lowest BCUT2D eigenvalue weighted by Gasteiger charge is -2.21. The van der Waals surface area contributed by atoms with E-state index in [1.54, 1.807) is 6.20 Å². The summed E-state index contributed by atoms with van der Waals surface area (Å²) >= 11 is 6.05. The fourth-order valence-electron chi connectivity index (χ4n) is 1.98. The summed E-state index contributed by atoms with van der Waals surface area (Å²) in [6, 6.07) is 1.90. The monoisotopic (exact) mass is 270 g/mol. The Hall–Kier alpha value is -0.840. The molecule has 4 nitrogen and oxygen atoms in total. The summed E-state index contributed by atoms with van der Waals surface area (Å²) in [4.78, 5) is 4.19. The minimum atomic E-state index is 0.573. The summed E-state index contributed by atoms with van der Waals surface area (Å²) in [5.41, 5.74) is 1.01. The first-order chi connectivity index (χ1) is 8.79. The fourth-order valence-corrected chi connectivity index (χ4v) is 2.15. The molecule has 0 saturated carbocycles. The van der Waals surface area contributed by atoms with Gasteiger partial charge in [-0.1, -0.05) is 11.6 Å². The highest BCUT2D eigenvalue weighted by Crippen LogP contribution is 2.21. The fraction of sp³-hybridized carbons (Fsp3) is 0.615. The Kier molecular flexibility index (Phi) is 5.23. The summed E-state index contributed by atoms with van der Waals surface area (Å²) in [6.07, 6.45) is 3.78. The Morgan fingerprint density at radius 3 is 3.00 bits per heavy atom. The van der Waals surface area contributed by atoms with Gasteiger partial charge in [-0.15, -0.1) is 0 Å². The Bertz CT molecular complexity index is 381. The van der Waals surface area contributed by atoms with Crippen LogP contribution in [0.2, 0.25) is 5.02 Å². The van der Waals surface area contributed by atoms with Crippen molar-refractivity contribution in [3.8, 4) is 5.88 Å². The second-order valence-corrected chi connectivity index (χ2v) is 4.92. The third-order valence-corrected chi connectivity index (χ3v) is 3.42. The standard InChI is InChI=1S/C13H19ClN2O2/c1-15-7-11-6-13(16-8-12(11)14)18-9-10-2-4-17-5-3-10/h6,8,10,15H,2-5,7,9H2,1H3. The van der Waals surface area contributed by atoms with Crippen molar-refractivity contribution in [2.45, 2.75) is 19.4 Å². The number of halogens is 1. The van der Waals surface area contributed by atoms with Gasteiger partial charge in [-0.25, -0.2) is 4.98 Å². The van der Waals surface area contributed by atoms with Gasteiger partial charge in [-0.2, -0.15) is 0 Å². The number of nitrogens with zero attached hydrogens (tertiary/aromatic N) is 1. The molecule has 0 aliphatic carbocycles. The Labute approximate surface area is 113 Å². The van der Waals surface area contributed by atoms with Gasteiger partial charge in [0, 0.05) is 32.0 Å². The molecule has 18 heavy (non-hydrogen) atoms. The predicted molar refractivity (Wildman–Crippen MR) is 71.0 cm³/mol. The molecule has 100 valence electrons. The molecule has 0 aromatic carbocycles. The summed E-state index contributed by atoms with van der Waals surface area (Å²) in [5.74, 6) is 1.22. The van der Waals surface area contributed by atoms with Crippen molar-refractivity contribution >= 4 is 11.6 Å². The average Bonchev–Trinajstić information content (AvgIpc) is 2.41. The van der Waals surface area contributed by atoms with E-state index in [1.807, 2.05) is 13.1 Å². The van der Waals surface area contributed by atoms with E-state index in [0.717, 1.165) is 38.2 Å². The molecule has 0 spiro atoms. The van der Waals surface area contributed by atoms with Crippen molar-refractivity contribution in [2.24, 2.45) is 5.92 Å². The quantitative estimate of drug-likeness (QED) is 0.891. The van der Waals surface area contributed by atoms with E-state index < -0.39 is 0 Å². The Balaban J connectivity index is 1.90. The van der Waals surface area contributed by atoms with Gasteiger partial charge in [-0.3, -0.25) is 0 Å². The normalized spacial score (nSPS) is 16.8. The van der Waals surface area contributed by atoms with Crippen molar-refractivity contribution in [2.75, 3.05) is 26.9 Å². The van der Waals surface area contributed by atoms with Crippen LogP contribution in [0.4, 0.5) is 0 Å². The second kappa shape index (κ2) is 6.92. The minimum absolute atomic E-state index is 0.573. The van der Waals surface area contributed by atoms with Crippen LogP contribution in [-0.4, -0.2) is 31.9 Å². The third kappa shape index (κ3) is 3.83. The topological polar surface area (TPSA) is 43.4 Å². The molecular formula is C13H19ClN2O2. The van der Waals surface area contributed by atoms with Crippen LogP contribution in [0.15, 0.2) is 12.3 Å². The van der Waals surface area contributed by atoms with E-state index >= 15 is 0 Å². The molecule has 0 amide bonds. The second-order valence-electron chi connectivity index (χ2n) is 4.51. The lowest BCUT2D eigenvalue weighted by molar-refractivity contribution is 0.0490. The van der Waals surface area contributed by atoms with Gasteiger partial charge >= 0.3 is 0 Å². The maximum absolute atomic E-state index is 6.05. The average molecular weight is 271 g/mol. The molecule has 0 radical (unpaired) electrons. The van der Waals surface area contributed by atoms with E-state index in [9.17, 15) is 0 Å². The molecule has 1 aliphatic rings. The maximum atomic E-state index is 6.05. The maximum Gasteiger partial charge on any atom is 0.213 e. The van der Waals surface area contributed by atoms with Crippen LogP contribution < -0.4 is 10.1 Å². The Morgan fingerprint density at radius 1 is 1.50 bits per heavy atom. The highest BCUT2D eigenvalue weighted by Gasteiger charge is 2.15. The molecule has 1 aliphatic heterocycles. The molecule has 0 atom stereocenters. The number of nitrogens with one attached hydrogen (secondary N) is 1. The highest BCUT2D eigenvalue weighted by molar-refractivity contribution is 6.31.